The fourth-order valence-corrected chi connectivity index (χ4v) is 11.3. The summed E-state index contributed by atoms with van der Waals surface area (Å²) in [7, 11) is 0. The van der Waals surface area contributed by atoms with E-state index >= 15 is 0 Å². The van der Waals surface area contributed by atoms with Crippen molar-refractivity contribution in [2.75, 3.05) is 13.2 Å². The highest BCUT2D eigenvalue weighted by atomic mass is 16.7. The molecule has 11 heteroatoms. The summed E-state index contributed by atoms with van der Waals surface area (Å²) < 4.78 is 11.2. The van der Waals surface area contributed by atoms with Crippen molar-refractivity contribution >= 4 is 5.91 Å². The van der Waals surface area contributed by atoms with Crippen LogP contribution >= 0.6 is 0 Å². The van der Waals surface area contributed by atoms with Gasteiger partial charge in [-0.15, -0.1) is 0 Å². The molecule has 1 heterocycles. The van der Waals surface area contributed by atoms with Crippen molar-refractivity contribution < 1.29 is 50.0 Å². The van der Waals surface area contributed by atoms with Crippen molar-refractivity contribution in [2.24, 2.45) is 0 Å². The summed E-state index contributed by atoms with van der Waals surface area (Å²) in [5.41, 5.74) is 0. The molecule has 0 aromatic carbocycles. The van der Waals surface area contributed by atoms with Gasteiger partial charge in [-0.2, -0.15) is 0 Å². The molecule has 1 aliphatic heterocycles. The molecule has 1 fully saturated rings. The quantitative estimate of drug-likeness (QED) is 0.0215. The van der Waals surface area contributed by atoms with Gasteiger partial charge in [-0.3, -0.25) is 4.79 Å². The second kappa shape index (κ2) is 56.3. The number of aliphatic hydroxyl groups excluding tert-OH is 7. The lowest BCUT2D eigenvalue weighted by molar-refractivity contribution is -0.303. The Morgan fingerprint density at radius 2 is 0.744 bits per heavy atom. The van der Waals surface area contributed by atoms with E-state index in [4.69, 9.17) is 9.47 Å². The van der Waals surface area contributed by atoms with Gasteiger partial charge < -0.3 is 50.5 Å². The van der Waals surface area contributed by atoms with Crippen molar-refractivity contribution in [3.05, 3.63) is 12.2 Å². The van der Waals surface area contributed by atoms with Crippen LogP contribution in [0.3, 0.4) is 0 Å². The molecule has 9 unspecified atom stereocenters. The lowest BCUT2D eigenvalue weighted by Crippen LogP contribution is -2.60. The first-order valence-corrected chi connectivity index (χ1v) is 34.1. The first-order valence-electron chi connectivity index (χ1n) is 34.1. The van der Waals surface area contributed by atoms with Gasteiger partial charge in [0.2, 0.25) is 5.91 Å². The van der Waals surface area contributed by atoms with E-state index < -0.39 is 74.2 Å². The minimum atomic E-state index is -1.66. The highest BCUT2D eigenvalue weighted by Gasteiger charge is 2.44. The van der Waals surface area contributed by atoms with Crippen LogP contribution in [0.1, 0.15) is 341 Å². The average molecular weight is 1110 g/mol. The molecule has 0 aromatic heterocycles. The number of amides is 1. The molecule has 0 spiro atoms. The summed E-state index contributed by atoms with van der Waals surface area (Å²) in [6.45, 7) is 3.52. The molecule has 464 valence electrons. The third kappa shape index (κ3) is 43.5. The Bertz CT molecular complexity index is 1270. The number of aliphatic hydroxyl groups is 7. The monoisotopic (exact) mass is 1110 g/mol. The Morgan fingerprint density at radius 3 is 1.08 bits per heavy atom. The fourth-order valence-electron chi connectivity index (χ4n) is 11.3. The maximum Gasteiger partial charge on any atom is 0.249 e. The highest BCUT2D eigenvalue weighted by Crippen LogP contribution is 2.24. The van der Waals surface area contributed by atoms with E-state index in [1.807, 2.05) is 0 Å². The third-order valence-electron chi connectivity index (χ3n) is 16.8. The van der Waals surface area contributed by atoms with E-state index in [1.54, 1.807) is 0 Å². The SMILES string of the molecule is CCCCCCCCCCCCCC/C=C\CCCCCCCCCCCCCCCCC(O)C(=O)NC(COC1OC(CO)C(O)C(O)C1O)C(O)C(O)CCCCCCCCCCCCCCCCCCCCCCC. The summed E-state index contributed by atoms with van der Waals surface area (Å²) in [5, 5.41) is 76.5. The van der Waals surface area contributed by atoms with Crippen LogP contribution < -0.4 is 5.32 Å². The van der Waals surface area contributed by atoms with E-state index in [0.717, 1.165) is 38.5 Å². The number of rotatable bonds is 60. The summed E-state index contributed by atoms with van der Waals surface area (Å²) in [6.07, 6.45) is 57.1. The van der Waals surface area contributed by atoms with Crippen molar-refractivity contribution in [2.45, 2.75) is 396 Å². The van der Waals surface area contributed by atoms with Gasteiger partial charge in [-0.25, -0.2) is 0 Å². The van der Waals surface area contributed by atoms with Gasteiger partial charge >= 0.3 is 0 Å². The maximum atomic E-state index is 13.2. The van der Waals surface area contributed by atoms with Crippen LogP contribution in [-0.4, -0.2) is 110 Å². The van der Waals surface area contributed by atoms with Crippen molar-refractivity contribution in [3.63, 3.8) is 0 Å². The van der Waals surface area contributed by atoms with Gasteiger partial charge in [-0.05, 0) is 38.5 Å². The molecule has 78 heavy (non-hydrogen) atoms. The zero-order valence-corrected chi connectivity index (χ0v) is 51.2. The van der Waals surface area contributed by atoms with Crippen LogP contribution in [-0.2, 0) is 14.3 Å². The molecule has 9 atom stereocenters. The molecule has 1 saturated heterocycles. The minimum Gasteiger partial charge on any atom is -0.394 e. The van der Waals surface area contributed by atoms with E-state index in [2.05, 4.69) is 31.3 Å². The second-order valence-electron chi connectivity index (χ2n) is 24.3. The van der Waals surface area contributed by atoms with Crippen LogP contribution in [0.5, 0.6) is 0 Å². The number of carbonyl (C=O) groups excluding carboxylic acids is 1. The zero-order chi connectivity index (χ0) is 56.8. The minimum absolute atomic E-state index is 0.264. The topological polar surface area (TPSA) is 189 Å². The van der Waals surface area contributed by atoms with Gasteiger partial charge in [0, 0.05) is 0 Å². The predicted molar refractivity (Wildman–Crippen MR) is 326 cm³/mol. The van der Waals surface area contributed by atoms with E-state index in [0.29, 0.717) is 19.3 Å². The lowest BCUT2D eigenvalue weighted by atomic mass is 9.98. The average Bonchev–Trinajstić information content (AvgIpc) is 3.46. The number of hydrogen-bond donors (Lipinski definition) is 8. The smallest absolute Gasteiger partial charge is 0.249 e. The van der Waals surface area contributed by atoms with Crippen LogP contribution in [0.25, 0.3) is 0 Å². The summed E-state index contributed by atoms with van der Waals surface area (Å²) in [5.74, 6) is -0.690. The Labute approximate surface area is 481 Å². The van der Waals surface area contributed by atoms with E-state index in [1.165, 1.54) is 263 Å². The number of allylic oxidation sites excluding steroid dienone is 2. The van der Waals surface area contributed by atoms with Crippen LogP contribution in [0, 0.1) is 0 Å². The van der Waals surface area contributed by atoms with Crippen molar-refractivity contribution in [1.82, 2.24) is 5.32 Å². The summed E-state index contributed by atoms with van der Waals surface area (Å²) >= 11 is 0. The largest absolute Gasteiger partial charge is 0.394 e. The van der Waals surface area contributed by atoms with Crippen LogP contribution in [0.4, 0.5) is 0 Å². The number of nitrogens with one attached hydrogen (secondary N) is 1. The number of ether oxygens (including phenoxy) is 2. The standard InChI is InChI=1S/C67H131NO10/c1-3-5-7-9-11-13-15-17-19-21-23-25-26-27-28-29-30-31-32-33-35-37-39-41-43-45-47-49-51-53-55-60(71)66(76)68-58(57-77-67-65(75)64(74)63(73)61(56-69)78-67)62(72)59(70)54-52-50-48-46-44-42-40-38-36-34-24-22-20-18-16-14-12-10-8-6-4-2/h27-28,58-65,67,69-75H,3-26,29-57H2,1-2H3,(H,68,76)/b28-27-. The highest BCUT2D eigenvalue weighted by molar-refractivity contribution is 5.80. The zero-order valence-electron chi connectivity index (χ0n) is 51.2. The molecule has 0 bridgehead atoms. The van der Waals surface area contributed by atoms with Gasteiger partial charge in [0.15, 0.2) is 6.29 Å². The van der Waals surface area contributed by atoms with Gasteiger partial charge in [0.1, 0.15) is 36.6 Å². The normalized spacial score (nSPS) is 19.4. The summed E-state index contributed by atoms with van der Waals surface area (Å²) in [4.78, 5) is 13.2. The lowest BCUT2D eigenvalue weighted by Gasteiger charge is -2.40. The second-order valence-corrected chi connectivity index (χ2v) is 24.3. The maximum absolute atomic E-state index is 13.2. The Hall–Kier alpha value is -1.15. The predicted octanol–water partition coefficient (Wildman–Crippen LogP) is 15.9. The Kier molecular flexibility index (Phi) is 54.1. The number of hydrogen-bond acceptors (Lipinski definition) is 10. The Balaban J connectivity index is 2.20. The fraction of sp³-hybridized carbons (Fsp3) is 0.955. The van der Waals surface area contributed by atoms with E-state index in [9.17, 15) is 40.5 Å². The first kappa shape index (κ1) is 74.9. The number of unbranched alkanes of at least 4 members (excludes halogenated alkanes) is 46. The van der Waals surface area contributed by atoms with Gasteiger partial charge in [0.05, 0.1) is 25.4 Å². The van der Waals surface area contributed by atoms with Gasteiger partial charge in [0.25, 0.3) is 0 Å². The summed E-state index contributed by atoms with van der Waals surface area (Å²) in [6, 6.07) is -1.17. The molecular weight excluding hydrogens is 979 g/mol. The molecule has 1 aliphatic rings. The molecule has 0 radical (unpaired) electrons. The molecule has 11 nitrogen and oxygen atoms in total. The molecule has 0 aliphatic carbocycles. The number of carbonyl (C=O) groups is 1. The van der Waals surface area contributed by atoms with Crippen molar-refractivity contribution in [3.8, 4) is 0 Å². The molecule has 8 N–H and O–H groups in total. The van der Waals surface area contributed by atoms with Crippen LogP contribution in [0.2, 0.25) is 0 Å². The van der Waals surface area contributed by atoms with Crippen LogP contribution in [0.15, 0.2) is 12.2 Å². The molecule has 0 aromatic rings. The van der Waals surface area contributed by atoms with E-state index in [-0.39, 0.29) is 6.42 Å². The van der Waals surface area contributed by atoms with Crippen molar-refractivity contribution in [1.29, 1.82) is 0 Å². The molecule has 1 rings (SSSR count). The Morgan fingerprint density at radius 1 is 0.436 bits per heavy atom. The molecular formula is C67H131NO10. The van der Waals surface area contributed by atoms with Gasteiger partial charge in [-0.1, -0.05) is 315 Å². The molecule has 1 amide bonds. The first-order chi connectivity index (χ1) is 38.2. The molecule has 0 saturated carbocycles. The third-order valence-corrected chi connectivity index (χ3v) is 16.8.